The lowest BCUT2D eigenvalue weighted by atomic mass is 10.0. The van der Waals surface area contributed by atoms with Gasteiger partial charge in [-0.25, -0.2) is 4.57 Å². The van der Waals surface area contributed by atoms with Gasteiger partial charge in [0.25, 0.3) is 0 Å². The summed E-state index contributed by atoms with van der Waals surface area (Å²) in [5.41, 5.74) is 3.91. The van der Waals surface area contributed by atoms with Crippen LogP contribution in [0, 0.1) is 0 Å². The molecule has 0 fully saturated rings. The van der Waals surface area contributed by atoms with Crippen LogP contribution in [0.5, 0.6) is 0 Å². The van der Waals surface area contributed by atoms with Crippen LogP contribution in [-0.2, 0) is 7.05 Å². The van der Waals surface area contributed by atoms with Gasteiger partial charge in [0.1, 0.15) is 7.05 Å². The van der Waals surface area contributed by atoms with Crippen LogP contribution in [0.2, 0.25) is 15.1 Å². The maximum Gasteiger partial charge on any atom is 0.177 e. The number of aromatic nitrogens is 1. The minimum absolute atomic E-state index is 0.688. The molecule has 0 saturated heterocycles. The van der Waals surface area contributed by atoms with Gasteiger partial charge in [0.05, 0.1) is 16.1 Å². The van der Waals surface area contributed by atoms with Gasteiger partial charge < -0.3 is 0 Å². The van der Waals surface area contributed by atoms with Crippen molar-refractivity contribution >= 4 is 34.8 Å². The maximum absolute atomic E-state index is 6.65. The molecule has 0 atom stereocenters. The molecule has 0 bridgehead atoms. The molecule has 0 saturated carbocycles. The fraction of sp³-hybridized carbons (Fsp3) is 0.0556. The van der Waals surface area contributed by atoms with E-state index in [0.29, 0.717) is 15.1 Å². The van der Waals surface area contributed by atoms with E-state index in [1.165, 1.54) is 0 Å². The minimum Gasteiger partial charge on any atom is -0.207 e. The zero-order valence-corrected chi connectivity index (χ0v) is 14.1. The molecule has 1 heterocycles. The van der Waals surface area contributed by atoms with Gasteiger partial charge in [-0.05, 0) is 35.4 Å². The van der Waals surface area contributed by atoms with Crippen LogP contribution in [0.15, 0.2) is 60.9 Å². The molecule has 0 aliphatic rings. The predicted molar refractivity (Wildman–Crippen MR) is 93.5 cm³/mol. The Morgan fingerprint density at radius 1 is 0.727 bits per heavy atom. The Morgan fingerprint density at radius 3 is 2.00 bits per heavy atom. The van der Waals surface area contributed by atoms with E-state index in [0.717, 1.165) is 22.3 Å². The number of hydrogen-bond donors (Lipinski definition) is 0. The summed E-state index contributed by atoms with van der Waals surface area (Å²) in [6.07, 6.45) is 3.99. The van der Waals surface area contributed by atoms with Gasteiger partial charge in [-0.2, -0.15) is 0 Å². The monoisotopic (exact) mass is 348 g/mol. The van der Waals surface area contributed by atoms with Crippen LogP contribution < -0.4 is 4.57 Å². The normalized spacial score (nSPS) is 10.7. The molecule has 0 amide bonds. The molecule has 3 aromatic rings. The topological polar surface area (TPSA) is 3.88 Å². The lowest BCUT2D eigenvalue weighted by Crippen LogP contribution is -2.27. The van der Waals surface area contributed by atoms with Crippen molar-refractivity contribution in [2.75, 3.05) is 0 Å². The summed E-state index contributed by atoms with van der Waals surface area (Å²) in [4.78, 5) is 0. The highest BCUT2D eigenvalue weighted by molar-refractivity contribution is 6.36. The second kappa shape index (κ2) is 6.29. The van der Waals surface area contributed by atoms with Gasteiger partial charge in [0.15, 0.2) is 12.4 Å². The molecule has 0 radical (unpaired) electrons. The van der Waals surface area contributed by atoms with Gasteiger partial charge in [0.2, 0.25) is 0 Å². The van der Waals surface area contributed by atoms with Crippen molar-refractivity contribution in [3.8, 4) is 22.3 Å². The maximum atomic E-state index is 6.65. The number of pyridine rings is 1. The molecule has 22 heavy (non-hydrogen) atoms. The van der Waals surface area contributed by atoms with E-state index in [-0.39, 0.29) is 0 Å². The largest absolute Gasteiger partial charge is 0.207 e. The summed E-state index contributed by atoms with van der Waals surface area (Å²) in [6.45, 7) is 0. The summed E-state index contributed by atoms with van der Waals surface area (Å²) in [5, 5.41) is 2.09. The highest BCUT2D eigenvalue weighted by Crippen LogP contribution is 2.35. The third-order valence-corrected chi connectivity index (χ3v) is 4.32. The molecule has 1 nitrogen and oxygen atoms in total. The summed E-state index contributed by atoms with van der Waals surface area (Å²) < 4.78 is 1.99. The first kappa shape index (κ1) is 15.4. The van der Waals surface area contributed by atoms with E-state index in [4.69, 9.17) is 34.8 Å². The third-order valence-electron chi connectivity index (χ3n) is 3.43. The number of benzene rings is 2. The Hall–Kier alpha value is -1.54. The van der Waals surface area contributed by atoms with Crippen LogP contribution in [0.4, 0.5) is 0 Å². The summed E-state index contributed by atoms with van der Waals surface area (Å²) in [7, 11) is 1.98. The molecule has 0 N–H and O–H groups in total. The lowest BCUT2D eigenvalue weighted by Gasteiger charge is -2.09. The van der Waals surface area contributed by atoms with Crippen molar-refractivity contribution in [3.63, 3.8) is 0 Å². The number of halogens is 3. The van der Waals surface area contributed by atoms with Crippen molar-refractivity contribution < 1.29 is 4.57 Å². The number of nitrogens with zero attached hydrogens (tertiary/aromatic N) is 1. The van der Waals surface area contributed by atoms with Gasteiger partial charge in [0, 0.05) is 10.0 Å². The van der Waals surface area contributed by atoms with Crippen LogP contribution in [0.3, 0.4) is 0 Å². The van der Waals surface area contributed by atoms with Gasteiger partial charge in [-0.15, -0.1) is 0 Å². The Bertz CT molecular complexity index is 826. The standard InChI is InChI=1S/C18H13Cl3N/c1-22-10-16(12-5-7-14(19)8-6-12)18(21)17(11-22)13-3-2-4-15(20)9-13/h2-11H,1H3/q+1. The first-order valence-electron chi connectivity index (χ1n) is 6.75. The smallest absolute Gasteiger partial charge is 0.177 e. The molecule has 0 aliphatic carbocycles. The predicted octanol–water partition coefficient (Wildman–Crippen LogP) is 5.81. The van der Waals surface area contributed by atoms with Crippen molar-refractivity contribution in [2.45, 2.75) is 0 Å². The second-order valence-corrected chi connectivity index (χ2v) is 6.33. The number of hydrogen-bond acceptors (Lipinski definition) is 0. The van der Waals surface area contributed by atoms with Gasteiger partial charge >= 0.3 is 0 Å². The first-order chi connectivity index (χ1) is 10.5. The number of aryl methyl sites for hydroxylation is 1. The fourth-order valence-corrected chi connectivity index (χ4v) is 3.02. The Balaban J connectivity index is 2.19. The molecular weight excluding hydrogens is 337 g/mol. The van der Waals surface area contributed by atoms with E-state index in [2.05, 4.69) is 0 Å². The van der Waals surface area contributed by atoms with Crippen LogP contribution in [0.25, 0.3) is 22.3 Å². The van der Waals surface area contributed by atoms with Crippen LogP contribution in [-0.4, -0.2) is 0 Å². The lowest BCUT2D eigenvalue weighted by molar-refractivity contribution is -0.670. The molecule has 0 unspecified atom stereocenters. The Labute approximate surface area is 144 Å². The van der Waals surface area contributed by atoms with Crippen molar-refractivity contribution in [1.82, 2.24) is 0 Å². The SMILES string of the molecule is C[n+]1cc(-c2ccc(Cl)cc2)c(Cl)c(-c2cccc(Cl)c2)c1. The molecule has 0 aliphatic heterocycles. The second-order valence-electron chi connectivity index (χ2n) is 5.08. The summed E-state index contributed by atoms with van der Waals surface area (Å²) in [5.74, 6) is 0. The molecule has 0 spiro atoms. The average molecular weight is 350 g/mol. The molecule has 110 valence electrons. The summed E-state index contributed by atoms with van der Waals surface area (Å²) >= 11 is 18.7. The van der Waals surface area contributed by atoms with E-state index < -0.39 is 0 Å². The van der Waals surface area contributed by atoms with Crippen molar-refractivity contribution in [1.29, 1.82) is 0 Å². The van der Waals surface area contributed by atoms with Gasteiger partial charge in [-0.3, -0.25) is 0 Å². The molecule has 4 heteroatoms. The zero-order chi connectivity index (χ0) is 15.7. The summed E-state index contributed by atoms with van der Waals surface area (Å²) in [6, 6.07) is 15.3. The Kier molecular flexibility index (Phi) is 4.39. The van der Waals surface area contributed by atoms with Crippen LogP contribution >= 0.6 is 34.8 Å². The van der Waals surface area contributed by atoms with Crippen molar-refractivity contribution in [2.24, 2.45) is 7.05 Å². The minimum atomic E-state index is 0.688. The third kappa shape index (κ3) is 3.12. The fourth-order valence-electron chi connectivity index (χ4n) is 2.39. The zero-order valence-electron chi connectivity index (χ0n) is 11.9. The van der Waals surface area contributed by atoms with Crippen molar-refractivity contribution in [3.05, 3.63) is 76.0 Å². The van der Waals surface area contributed by atoms with E-state index in [1.54, 1.807) is 0 Å². The highest BCUT2D eigenvalue weighted by Gasteiger charge is 2.16. The van der Waals surface area contributed by atoms with E-state index in [1.807, 2.05) is 72.5 Å². The van der Waals surface area contributed by atoms with Crippen LogP contribution in [0.1, 0.15) is 0 Å². The highest BCUT2D eigenvalue weighted by atomic mass is 35.5. The first-order valence-corrected chi connectivity index (χ1v) is 7.88. The quantitative estimate of drug-likeness (QED) is 0.514. The number of rotatable bonds is 2. The molecule has 2 aromatic carbocycles. The molecular formula is C18H13Cl3N+. The molecule has 1 aromatic heterocycles. The Morgan fingerprint density at radius 2 is 1.36 bits per heavy atom. The van der Waals surface area contributed by atoms with E-state index in [9.17, 15) is 0 Å². The van der Waals surface area contributed by atoms with E-state index >= 15 is 0 Å². The molecule has 3 rings (SSSR count). The average Bonchev–Trinajstić information content (AvgIpc) is 2.50. The van der Waals surface area contributed by atoms with Gasteiger partial charge in [-0.1, -0.05) is 59.1 Å².